The molecule has 150 valence electrons. The van der Waals surface area contributed by atoms with E-state index in [4.69, 9.17) is 0 Å². The molecule has 0 bridgehead atoms. The second kappa shape index (κ2) is 7.98. The largest absolute Gasteiger partial charge is 0.342 e. The zero-order chi connectivity index (χ0) is 19.6. The van der Waals surface area contributed by atoms with Crippen LogP contribution in [0.2, 0.25) is 0 Å². The predicted molar refractivity (Wildman–Crippen MR) is 103 cm³/mol. The van der Waals surface area contributed by atoms with Crippen molar-refractivity contribution in [3.63, 3.8) is 0 Å². The number of likely N-dealkylation sites (tertiary alicyclic amines) is 1. The van der Waals surface area contributed by atoms with Crippen molar-refractivity contribution in [2.75, 3.05) is 18.8 Å². The molecule has 8 nitrogen and oxygen atoms in total. The average molecular weight is 404 g/mol. The molecule has 2 aromatic rings. The van der Waals surface area contributed by atoms with Gasteiger partial charge < -0.3 is 4.90 Å². The van der Waals surface area contributed by atoms with Crippen molar-refractivity contribution >= 4 is 15.7 Å². The maximum Gasteiger partial charge on any atom is 0.237 e. The summed E-state index contributed by atoms with van der Waals surface area (Å²) in [4.78, 5) is 14.2. The number of nitrogens with zero attached hydrogens (tertiary/aromatic N) is 5. The Balaban J connectivity index is 1.28. The molecule has 4 rings (SSSR count). The number of carbonyl (C=O) groups is 1. The van der Waals surface area contributed by atoms with Gasteiger partial charge in [-0.1, -0.05) is 30.3 Å². The Morgan fingerprint density at radius 3 is 2.46 bits per heavy atom. The summed E-state index contributed by atoms with van der Waals surface area (Å²) in [7, 11) is -3.60. The van der Waals surface area contributed by atoms with Gasteiger partial charge in [-0.15, -0.1) is 5.10 Å². The van der Waals surface area contributed by atoms with Crippen molar-refractivity contribution < 1.29 is 13.2 Å². The van der Waals surface area contributed by atoms with Crippen molar-refractivity contribution in [1.82, 2.24) is 25.1 Å². The lowest BCUT2D eigenvalue weighted by Crippen LogP contribution is -2.42. The van der Waals surface area contributed by atoms with Crippen LogP contribution < -0.4 is 0 Å². The Labute approximate surface area is 164 Å². The Kier molecular flexibility index (Phi) is 5.43. The molecule has 1 aromatic carbocycles. The molecule has 9 heteroatoms. The van der Waals surface area contributed by atoms with E-state index in [0.717, 1.165) is 32.1 Å². The fourth-order valence-electron chi connectivity index (χ4n) is 3.77. The van der Waals surface area contributed by atoms with Crippen LogP contribution in [-0.2, 0) is 26.8 Å². The number of sulfone groups is 1. The van der Waals surface area contributed by atoms with Gasteiger partial charge in [0.1, 0.15) is 11.5 Å². The second-order valence-electron chi connectivity index (χ2n) is 7.82. The molecule has 1 saturated carbocycles. The second-order valence-corrected chi connectivity index (χ2v) is 9.88. The van der Waals surface area contributed by atoms with E-state index < -0.39 is 15.6 Å². The lowest BCUT2D eigenvalue weighted by atomic mass is 9.90. The number of amides is 1. The van der Waals surface area contributed by atoms with E-state index in [1.807, 2.05) is 18.2 Å². The van der Waals surface area contributed by atoms with Gasteiger partial charge in [0, 0.05) is 13.1 Å². The number of carbonyl (C=O) groups excluding carboxylic acids is 1. The molecule has 2 heterocycles. The molecule has 0 atom stereocenters. The minimum Gasteiger partial charge on any atom is -0.342 e. The smallest absolute Gasteiger partial charge is 0.237 e. The normalized spacial score (nSPS) is 18.4. The SMILES string of the molecule is O=C(CS(=O)(=O)Cc1nnnn1C1CC1)N1CCC(Cc2ccccc2)CC1. The van der Waals surface area contributed by atoms with Crippen LogP contribution in [0.5, 0.6) is 0 Å². The summed E-state index contributed by atoms with van der Waals surface area (Å²) in [5, 5.41) is 11.3. The summed E-state index contributed by atoms with van der Waals surface area (Å²) in [6.45, 7) is 1.23. The van der Waals surface area contributed by atoms with Gasteiger partial charge in [0.05, 0.1) is 6.04 Å². The number of hydrogen-bond acceptors (Lipinski definition) is 6. The summed E-state index contributed by atoms with van der Waals surface area (Å²) in [6.07, 6.45) is 4.75. The van der Waals surface area contributed by atoms with Crippen LogP contribution >= 0.6 is 0 Å². The monoisotopic (exact) mass is 403 g/mol. The Hall–Kier alpha value is -2.29. The minimum absolute atomic E-state index is 0.208. The van der Waals surface area contributed by atoms with Crippen molar-refractivity contribution in [3.05, 3.63) is 41.7 Å². The summed E-state index contributed by atoms with van der Waals surface area (Å²) in [5.74, 6) is -0.215. The number of piperidine rings is 1. The van der Waals surface area contributed by atoms with Gasteiger partial charge in [-0.2, -0.15) is 0 Å². The van der Waals surface area contributed by atoms with Gasteiger partial charge in [-0.05, 0) is 54.0 Å². The van der Waals surface area contributed by atoms with Crippen molar-refractivity contribution in [3.8, 4) is 0 Å². The van der Waals surface area contributed by atoms with Gasteiger partial charge in [-0.3, -0.25) is 4.79 Å². The Bertz CT molecular complexity index is 916. The van der Waals surface area contributed by atoms with Crippen LogP contribution in [0, 0.1) is 5.92 Å². The number of hydrogen-bond donors (Lipinski definition) is 0. The molecule has 1 amide bonds. The highest BCUT2D eigenvalue weighted by Crippen LogP contribution is 2.34. The van der Waals surface area contributed by atoms with Crippen LogP contribution in [0.15, 0.2) is 30.3 Å². The average Bonchev–Trinajstić information content (AvgIpc) is 3.42. The zero-order valence-electron chi connectivity index (χ0n) is 15.8. The van der Waals surface area contributed by atoms with Gasteiger partial charge in [0.2, 0.25) is 5.91 Å². The summed E-state index contributed by atoms with van der Waals surface area (Å²) in [5.41, 5.74) is 1.31. The molecule has 0 radical (unpaired) electrons. The summed E-state index contributed by atoms with van der Waals surface area (Å²) in [6, 6.07) is 10.5. The molecule has 0 N–H and O–H groups in total. The van der Waals surface area contributed by atoms with E-state index in [1.165, 1.54) is 5.56 Å². The maximum atomic E-state index is 12.5. The van der Waals surface area contributed by atoms with E-state index >= 15 is 0 Å². The van der Waals surface area contributed by atoms with Gasteiger partial charge in [-0.25, -0.2) is 13.1 Å². The molecule has 1 aromatic heterocycles. The highest BCUT2D eigenvalue weighted by Gasteiger charge is 2.31. The minimum atomic E-state index is -3.60. The lowest BCUT2D eigenvalue weighted by Gasteiger charge is -2.32. The molecule has 0 spiro atoms. The Morgan fingerprint density at radius 2 is 1.79 bits per heavy atom. The van der Waals surface area contributed by atoms with E-state index in [-0.39, 0.29) is 17.7 Å². The zero-order valence-corrected chi connectivity index (χ0v) is 16.6. The van der Waals surface area contributed by atoms with Crippen LogP contribution in [0.1, 0.15) is 43.1 Å². The fourth-order valence-corrected chi connectivity index (χ4v) is 5.02. The first-order chi connectivity index (χ1) is 13.5. The molecule has 1 aliphatic carbocycles. The first kappa shape index (κ1) is 19.0. The summed E-state index contributed by atoms with van der Waals surface area (Å²) >= 11 is 0. The van der Waals surface area contributed by atoms with Crippen LogP contribution in [-0.4, -0.2) is 58.3 Å². The number of aromatic nitrogens is 4. The standard InChI is InChI=1S/C19H25N5O3S/c25-19(14-28(26,27)13-18-20-21-22-24(18)17-6-7-17)23-10-8-16(9-11-23)12-15-4-2-1-3-5-15/h1-5,16-17H,6-14H2. The molecular weight excluding hydrogens is 378 g/mol. The number of tetrazole rings is 1. The van der Waals surface area contributed by atoms with Crippen molar-refractivity contribution in [2.45, 2.75) is 43.9 Å². The number of benzene rings is 1. The van der Waals surface area contributed by atoms with Crippen molar-refractivity contribution in [2.24, 2.45) is 5.92 Å². The first-order valence-corrected chi connectivity index (χ1v) is 11.6. The molecule has 0 unspecified atom stereocenters. The third kappa shape index (κ3) is 4.76. The van der Waals surface area contributed by atoms with Crippen molar-refractivity contribution in [1.29, 1.82) is 0 Å². The first-order valence-electron chi connectivity index (χ1n) is 9.79. The maximum absolute atomic E-state index is 12.5. The Morgan fingerprint density at radius 1 is 1.07 bits per heavy atom. The molecule has 28 heavy (non-hydrogen) atoms. The highest BCUT2D eigenvalue weighted by molar-refractivity contribution is 7.91. The predicted octanol–water partition coefficient (Wildman–Crippen LogP) is 1.40. The number of rotatable bonds is 7. The summed E-state index contributed by atoms with van der Waals surface area (Å²) < 4.78 is 26.6. The van der Waals surface area contributed by atoms with Crippen LogP contribution in [0.4, 0.5) is 0 Å². The van der Waals surface area contributed by atoms with Gasteiger partial charge in [0.25, 0.3) is 0 Å². The highest BCUT2D eigenvalue weighted by atomic mass is 32.2. The fraction of sp³-hybridized carbons (Fsp3) is 0.579. The van der Waals surface area contributed by atoms with Gasteiger partial charge in [0.15, 0.2) is 15.7 Å². The molecular formula is C19H25N5O3S. The molecule has 1 aliphatic heterocycles. The quantitative estimate of drug-likeness (QED) is 0.693. The van der Waals surface area contributed by atoms with Crippen LogP contribution in [0.3, 0.4) is 0 Å². The molecule has 2 aliphatic rings. The van der Waals surface area contributed by atoms with E-state index in [1.54, 1.807) is 9.58 Å². The van der Waals surface area contributed by atoms with Crippen LogP contribution in [0.25, 0.3) is 0 Å². The van der Waals surface area contributed by atoms with E-state index in [9.17, 15) is 13.2 Å². The lowest BCUT2D eigenvalue weighted by molar-refractivity contribution is -0.129. The molecule has 1 saturated heterocycles. The third-order valence-corrected chi connectivity index (χ3v) is 6.87. The van der Waals surface area contributed by atoms with E-state index in [0.29, 0.717) is 24.8 Å². The topological polar surface area (TPSA) is 98.0 Å². The van der Waals surface area contributed by atoms with Gasteiger partial charge >= 0.3 is 0 Å². The third-order valence-electron chi connectivity index (χ3n) is 5.48. The molecule has 2 fully saturated rings. The van der Waals surface area contributed by atoms with E-state index in [2.05, 4.69) is 27.7 Å².